The molecule has 0 fully saturated rings. The van der Waals surface area contributed by atoms with Gasteiger partial charge in [0.1, 0.15) is 16.4 Å². The first-order chi connectivity index (χ1) is 11.0. The fraction of sp³-hybridized carbons (Fsp3) is 0.250. The summed E-state index contributed by atoms with van der Waals surface area (Å²) in [5.41, 5.74) is 0.546. The summed E-state index contributed by atoms with van der Waals surface area (Å²) in [6, 6.07) is 12.0. The molecule has 124 valence electrons. The highest BCUT2D eigenvalue weighted by Gasteiger charge is 2.21. The van der Waals surface area contributed by atoms with E-state index in [-0.39, 0.29) is 10.6 Å². The number of hydrogen-bond acceptors (Lipinski definition) is 5. The summed E-state index contributed by atoms with van der Waals surface area (Å²) < 4.78 is 38.4. The normalized spacial score (nSPS) is 11.1. The van der Waals surface area contributed by atoms with Gasteiger partial charge in [0.05, 0.1) is 19.9 Å². The van der Waals surface area contributed by atoms with Gasteiger partial charge in [-0.1, -0.05) is 19.1 Å². The number of benzene rings is 2. The molecule has 0 unspecified atom stereocenters. The van der Waals surface area contributed by atoms with E-state index < -0.39 is 10.0 Å². The summed E-state index contributed by atoms with van der Waals surface area (Å²) in [5, 5.41) is 0. The summed E-state index contributed by atoms with van der Waals surface area (Å²) >= 11 is 1.57. The Morgan fingerprint density at radius 3 is 2.48 bits per heavy atom. The molecule has 2 aromatic carbocycles. The Bertz CT molecular complexity index is 775. The molecule has 0 saturated heterocycles. The van der Waals surface area contributed by atoms with Crippen LogP contribution in [0, 0.1) is 0 Å². The highest BCUT2D eigenvalue weighted by molar-refractivity contribution is 7.99. The second kappa shape index (κ2) is 7.61. The molecule has 23 heavy (non-hydrogen) atoms. The monoisotopic (exact) mass is 353 g/mol. The summed E-state index contributed by atoms with van der Waals surface area (Å²) in [4.78, 5) is 0.913. The standard InChI is InChI=1S/C16H19NO4S2/c1-4-22-15-8-6-5-7-13(15)17-23(18,19)16-11-12(20-2)9-10-14(16)21-3/h5-11,17H,4H2,1-3H3. The number of thioether (sulfide) groups is 1. The molecule has 0 heterocycles. The lowest BCUT2D eigenvalue weighted by Crippen LogP contribution is -2.14. The number of sulfonamides is 1. The Kier molecular flexibility index (Phi) is 5.79. The van der Waals surface area contributed by atoms with Crippen LogP contribution in [0.1, 0.15) is 6.92 Å². The molecule has 2 rings (SSSR count). The van der Waals surface area contributed by atoms with Gasteiger partial charge >= 0.3 is 0 Å². The van der Waals surface area contributed by atoms with Gasteiger partial charge in [0, 0.05) is 11.0 Å². The average Bonchev–Trinajstić information content (AvgIpc) is 2.56. The molecule has 0 aliphatic heterocycles. The number of nitrogens with one attached hydrogen (secondary N) is 1. The van der Waals surface area contributed by atoms with Crippen molar-refractivity contribution in [2.24, 2.45) is 0 Å². The van der Waals surface area contributed by atoms with Crippen LogP contribution in [0.4, 0.5) is 5.69 Å². The third-order valence-electron chi connectivity index (χ3n) is 3.09. The minimum absolute atomic E-state index is 0.0376. The van der Waals surface area contributed by atoms with Crippen molar-refractivity contribution in [1.82, 2.24) is 0 Å². The number of rotatable bonds is 7. The van der Waals surface area contributed by atoms with Gasteiger partial charge in [-0.05, 0) is 30.0 Å². The minimum atomic E-state index is -3.80. The molecule has 2 aromatic rings. The van der Waals surface area contributed by atoms with Crippen LogP contribution in [-0.2, 0) is 10.0 Å². The van der Waals surface area contributed by atoms with Crippen LogP contribution in [0.15, 0.2) is 52.3 Å². The molecule has 0 amide bonds. The maximum atomic E-state index is 12.8. The van der Waals surface area contributed by atoms with Crippen LogP contribution < -0.4 is 14.2 Å². The Balaban J connectivity index is 2.43. The van der Waals surface area contributed by atoms with E-state index >= 15 is 0 Å². The molecule has 0 atom stereocenters. The first-order valence-corrected chi connectivity index (χ1v) is 9.45. The Morgan fingerprint density at radius 1 is 1.09 bits per heavy atom. The molecule has 0 spiro atoms. The van der Waals surface area contributed by atoms with Crippen LogP contribution >= 0.6 is 11.8 Å². The van der Waals surface area contributed by atoms with E-state index in [4.69, 9.17) is 9.47 Å². The van der Waals surface area contributed by atoms with Crippen LogP contribution in [-0.4, -0.2) is 28.4 Å². The predicted octanol–water partition coefficient (Wildman–Crippen LogP) is 3.62. The number of ether oxygens (including phenoxy) is 2. The Morgan fingerprint density at radius 2 is 1.83 bits per heavy atom. The van der Waals surface area contributed by atoms with E-state index in [1.54, 1.807) is 36.0 Å². The zero-order valence-electron chi connectivity index (χ0n) is 13.2. The summed E-state index contributed by atoms with van der Waals surface area (Å²) in [6.07, 6.45) is 0. The highest BCUT2D eigenvalue weighted by atomic mass is 32.2. The minimum Gasteiger partial charge on any atom is -0.497 e. The maximum Gasteiger partial charge on any atom is 0.265 e. The predicted molar refractivity (Wildman–Crippen MR) is 93.2 cm³/mol. The highest BCUT2D eigenvalue weighted by Crippen LogP contribution is 2.32. The molecular formula is C16H19NO4S2. The van der Waals surface area contributed by atoms with E-state index in [0.717, 1.165) is 10.6 Å². The fourth-order valence-electron chi connectivity index (χ4n) is 2.03. The molecule has 0 radical (unpaired) electrons. The lowest BCUT2D eigenvalue weighted by molar-refractivity contribution is 0.392. The Labute approximate surface area is 141 Å². The first-order valence-electron chi connectivity index (χ1n) is 6.98. The number of para-hydroxylation sites is 1. The fourth-order valence-corrected chi connectivity index (χ4v) is 4.12. The van der Waals surface area contributed by atoms with Crippen molar-refractivity contribution in [2.45, 2.75) is 16.7 Å². The largest absolute Gasteiger partial charge is 0.497 e. The molecule has 1 N–H and O–H groups in total. The third-order valence-corrected chi connectivity index (χ3v) is 5.43. The zero-order valence-corrected chi connectivity index (χ0v) is 14.8. The van der Waals surface area contributed by atoms with Gasteiger partial charge in [-0.3, -0.25) is 4.72 Å². The van der Waals surface area contributed by atoms with E-state index in [2.05, 4.69) is 4.72 Å². The quantitative estimate of drug-likeness (QED) is 0.770. The molecule has 7 heteroatoms. The van der Waals surface area contributed by atoms with Crippen LogP contribution in [0.2, 0.25) is 0 Å². The van der Waals surface area contributed by atoms with Gasteiger partial charge in [-0.25, -0.2) is 8.42 Å². The summed E-state index contributed by atoms with van der Waals surface area (Å²) in [6.45, 7) is 2.01. The first kappa shape index (κ1) is 17.5. The van der Waals surface area contributed by atoms with E-state index in [1.807, 2.05) is 19.1 Å². The van der Waals surface area contributed by atoms with Crippen LogP contribution in [0.25, 0.3) is 0 Å². The van der Waals surface area contributed by atoms with E-state index in [9.17, 15) is 8.42 Å². The number of anilines is 1. The molecule has 0 aliphatic carbocycles. The van der Waals surface area contributed by atoms with Gasteiger partial charge < -0.3 is 9.47 Å². The van der Waals surface area contributed by atoms with Crippen molar-refractivity contribution in [3.05, 3.63) is 42.5 Å². The number of hydrogen-bond donors (Lipinski definition) is 1. The molecule has 0 saturated carbocycles. The second-order valence-electron chi connectivity index (χ2n) is 4.55. The lowest BCUT2D eigenvalue weighted by atomic mass is 10.3. The van der Waals surface area contributed by atoms with E-state index in [1.165, 1.54) is 20.3 Å². The van der Waals surface area contributed by atoms with Crippen molar-refractivity contribution in [2.75, 3.05) is 24.7 Å². The molecule has 5 nitrogen and oxygen atoms in total. The second-order valence-corrected chi connectivity index (χ2v) is 7.51. The summed E-state index contributed by atoms with van der Waals surface area (Å²) in [5.74, 6) is 1.56. The van der Waals surface area contributed by atoms with Crippen LogP contribution in [0.3, 0.4) is 0 Å². The SMILES string of the molecule is CCSc1ccccc1NS(=O)(=O)c1cc(OC)ccc1OC. The third kappa shape index (κ3) is 4.11. The maximum absolute atomic E-state index is 12.8. The average molecular weight is 353 g/mol. The zero-order chi connectivity index (χ0) is 16.9. The lowest BCUT2D eigenvalue weighted by Gasteiger charge is -2.14. The van der Waals surface area contributed by atoms with Gasteiger partial charge in [0.15, 0.2) is 0 Å². The van der Waals surface area contributed by atoms with Crippen molar-refractivity contribution >= 4 is 27.5 Å². The smallest absolute Gasteiger partial charge is 0.265 e. The molecule has 0 aromatic heterocycles. The Hall–Kier alpha value is -1.86. The van der Waals surface area contributed by atoms with Gasteiger partial charge in [-0.15, -0.1) is 11.8 Å². The van der Waals surface area contributed by atoms with Crippen molar-refractivity contribution in [3.8, 4) is 11.5 Å². The molecular weight excluding hydrogens is 334 g/mol. The summed E-state index contributed by atoms with van der Waals surface area (Å²) in [7, 11) is -0.881. The van der Waals surface area contributed by atoms with E-state index in [0.29, 0.717) is 11.4 Å². The molecule has 0 bridgehead atoms. The van der Waals surface area contributed by atoms with Crippen molar-refractivity contribution in [1.29, 1.82) is 0 Å². The van der Waals surface area contributed by atoms with Gasteiger partial charge in [0.2, 0.25) is 0 Å². The van der Waals surface area contributed by atoms with Gasteiger partial charge in [-0.2, -0.15) is 0 Å². The van der Waals surface area contributed by atoms with Crippen molar-refractivity contribution < 1.29 is 17.9 Å². The molecule has 0 aliphatic rings. The van der Waals surface area contributed by atoms with Crippen LogP contribution in [0.5, 0.6) is 11.5 Å². The topological polar surface area (TPSA) is 64.6 Å². The van der Waals surface area contributed by atoms with Crippen molar-refractivity contribution in [3.63, 3.8) is 0 Å². The van der Waals surface area contributed by atoms with Gasteiger partial charge in [0.25, 0.3) is 10.0 Å². The number of methoxy groups -OCH3 is 2.